The van der Waals surface area contributed by atoms with E-state index in [-0.39, 0.29) is 5.82 Å². The van der Waals surface area contributed by atoms with E-state index < -0.39 is 0 Å². The minimum absolute atomic E-state index is 0.149. The zero-order valence-electron chi connectivity index (χ0n) is 15.7. The van der Waals surface area contributed by atoms with Gasteiger partial charge < -0.3 is 14.8 Å². The summed E-state index contributed by atoms with van der Waals surface area (Å²) < 4.78 is 16.2. The summed E-state index contributed by atoms with van der Waals surface area (Å²) in [5.41, 5.74) is 3.13. The highest BCUT2D eigenvalue weighted by atomic mass is 19.1. The van der Waals surface area contributed by atoms with E-state index in [1.807, 2.05) is 18.2 Å². The zero-order chi connectivity index (χ0) is 18.4. The molecule has 3 nitrogen and oxygen atoms in total. The molecule has 0 radical (unpaired) electrons. The van der Waals surface area contributed by atoms with Gasteiger partial charge in [-0.1, -0.05) is 50.2 Å². The summed E-state index contributed by atoms with van der Waals surface area (Å²) in [5.74, 6) is -0.149. The smallest absolute Gasteiger partial charge is 0.128 e. The highest BCUT2D eigenvalue weighted by Gasteiger charge is 2.10. The number of likely N-dealkylation sites (N-methyl/N-ethyl adjacent to an activating group) is 1. The first-order chi connectivity index (χ1) is 12.7. The van der Waals surface area contributed by atoms with Crippen LogP contribution in [0, 0.1) is 5.82 Å². The molecular weight excluding hydrogens is 325 g/mol. The van der Waals surface area contributed by atoms with E-state index in [9.17, 15) is 4.39 Å². The molecule has 1 N–H and O–H groups in total. The number of hydrogen-bond donors (Lipinski definition) is 1. The van der Waals surface area contributed by atoms with Crippen LogP contribution < -0.4 is 5.32 Å². The van der Waals surface area contributed by atoms with Gasteiger partial charge in [-0.2, -0.15) is 0 Å². The van der Waals surface area contributed by atoms with Gasteiger partial charge in [-0.15, -0.1) is 0 Å². The summed E-state index contributed by atoms with van der Waals surface area (Å²) in [7, 11) is 0. The molecule has 0 unspecified atom stereocenters. The second-order valence-electron chi connectivity index (χ2n) is 6.59. The van der Waals surface area contributed by atoms with Gasteiger partial charge >= 0.3 is 0 Å². The zero-order valence-corrected chi connectivity index (χ0v) is 15.7. The number of nitrogens with zero attached hydrogens (tertiary/aromatic N) is 2. The maximum Gasteiger partial charge on any atom is 0.128 e. The fourth-order valence-corrected chi connectivity index (χ4v) is 3.40. The predicted molar refractivity (Wildman–Crippen MR) is 107 cm³/mol. The van der Waals surface area contributed by atoms with Gasteiger partial charge in [-0.25, -0.2) is 4.39 Å². The normalized spacial score (nSPS) is 11.5. The van der Waals surface area contributed by atoms with Crippen LogP contribution in [-0.4, -0.2) is 35.6 Å². The Hall–Kier alpha value is -2.17. The summed E-state index contributed by atoms with van der Waals surface area (Å²) in [6, 6.07) is 15.4. The molecule has 0 amide bonds. The molecule has 3 aromatic rings. The molecule has 1 aromatic heterocycles. The molecule has 0 fully saturated rings. The van der Waals surface area contributed by atoms with E-state index in [0.717, 1.165) is 38.2 Å². The molecule has 26 heavy (non-hydrogen) atoms. The van der Waals surface area contributed by atoms with Gasteiger partial charge in [0.2, 0.25) is 0 Å². The number of halogens is 1. The Kier molecular flexibility index (Phi) is 6.42. The summed E-state index contributed by atoms with van der Waals surface area (Å²) >= 11 is 0. The van der Waals surface area contributed by atoms with E-state index in [0.29, 0.717) is 12.1 Å². The van der Waals surface area contributed by atoms with Crippen molar-refractivity contribution in [2.75, 3.05) is 26.2 Å². The Bertz CT molecular complexity index is 836. The van der Waals surface area contributed by atoms with Gasteiger partial charge in [0.05, 0.1) is 6.54 Å². The third kappa shape index (κ3) is 4.32. The number of nitrogens with one attached hydrogen (secondary N) is 1. The van der Waals surface area contributed by atoms with Gasteiger partial charge in [0, 0.05) is 42.3 Å². The molecule has 0 saturated heterocycles. The van der Waals surface area contributed by atoms with Crippen molar-refractivity contribution in [3.05, 3.63) is 71.7 Å². The summed E-state index contributed by atoms with van der Waals surface area (Å²) in [6.07, 6.45) is 2.15. The van der Waals surface area contributed by atoms with Crippen molar-refractivity contribution in [1.29, 1.82) is 0 Å². The number of aromatic nitrogens is 1. The van der Waals surface area contributed by atoms with Gasteiger partial charge in [0.25, 0.3) is 0 Å². The lowest BCUT2D eigenvalue weighted by Gasteiger charge is -2.17. The van der Waals surface area contributed by atoms with E-state index in [1.54, 1.807) is 6.07 Å². The number of fused-ring (bicyclic) bond motifs is 1. The standard InChI is InChI=1S/C22H28FN3/c1-3-25(4-2)14-13-24-15-19-17-26(22-12-8-6-10-20(19)22)16-18-9-5-7-11-21(18)23/h5-12,17,24H,3-4,13-16H2,1-2H3. The van der Waals surface area contributed by atoms with Crippen LogP contribution in [0.2, 0.25) is 0 Å². The van der Waals surface area contributed by atoms with Gasteiger partial charge in [-0.3, -0.25) is 0 Å². The number of hydrogen-bond acceptors (Lipinski definition) is 2. The highest BCUT2D eigenvalue weighted by Crippen LogP contribution is 2.23. The first-order valence-corrected chi connectivity index (χ1v) is 9.46. The minimum Gasteiger partial charge on any atom is -0.343 e. The molecule has 138 valence electrons. The molecule has 0 aliphatic heterocycles. The molecule has 4 heteroatoms. The Morgan fingerprint density at radius 1 is 0.962 bits per heavy atom. The first-order valence-electron chi connectivity index (χ1n) is 9.46. The molecule has 0 spiro atoms. The summed E-state index contributed by atoms with van der Waals surface area (Å²) in [6.45, 7) is 9.95. The van der Waals surface area contributed by atoms with Gasteiger partial charge in [0.15, 0.2) is 0 Å². The monoisotopic (exact) mass is 353 g/mol. The van der Waals surface area contributed by atoms with Crippen LogP contribution in [0.1, 0.15) is 25.0 Å². The lowest BCUT2D eigenvalue weighted by Crippen LogP contribution is -2.31. The fraction of sp³-hybridized carbons (Fsp3) is 0.364. The molecule has 0 saturated carbocycles. The van der Waals surface area contributed by atoms with Crippen LogP contribution >= 0.6 is 0 Å². The Labute approximate surface area is 155 Å². The Morgan fingerprint density at radius 3 is 2.46 bits per heavy atom. The van der Waals surface area contributed by atoms with Crippen molar-refractivity contribution in [3.63, 3.8) is 0 Å². The largest absolute Gasteiger partial charge is 0.343 e. The number of rotatable bonds is 9. The van der Waals surface area contributed by atoms with Crippen LogP contribution in [-0.2, 0) is 13.1 Å². The van der Waals surface area contributed by atoms with Gasteiger partial charge in [-0.05, 0) is 30.8 Å². The number of benzene rings is 2. The van der Waals surface area contributed by atoms with Crippen molar-refractivity contribution < 1.29 is 4.39 Å². The summed E-state index contributed by atoms with van der Waals surface area (Å²) in [5, 5.41) is 4.79. The second kappa shape index (κ2) is 8.97. The second-order valence-corrected chi connectivity index (χ2v) is 6.59. The summed E-state index contributed by atoms with van der Waals surface area (Å²) in [4.78, 5) is 2.41. The first kappa shape index (κ1) is 18.6. The van der Waals surface area contributed by atoms with Crippen molar-refractivity contribution in [1.82, 2.24) is 14.8 Å². The van der Waals surface area contributed by atoms with Crippen LogP contribution in [0.5, 0.6) is 0 Å². The van der Waals surface area contributed by atoms with Gasteiger partial charge in [0.1, 0.15) is 5.82 Å². The molecule has 1 heterocycles. The van der Waals surface area contributed by atoms with E-state index in [2.05, 4.69) is 53.0 Å². The average molecular weight is 353 g/mol. The topological polar surface area (TPSA) is 20.2 Å². The molecule has 2 aromatic carbocycles. The van der Waals surface area contributed by atoms with Crippen LogP contribution in [0.4, 0.5) is 4.39 Å². The van der Waals surface area contributed by atoms with Crippen molar-refractivity contribution in [2.45, 2.75) is 26.9 Å². The third-order valence-corrected chi connectivity index (χ3v) is 4.98. The molecule has 0 bridgehead atoms. The van der Waals surface area contributed by atoms with E-state index in [4.69, 9.17) is 0 Å². The quantitative estimate of drug-likeness (QED) is 0.580. The molecular formula is C22H28FN3. The third-order valence-electron chi connectivity index (χ3n) is 4.98. The average Bonchev–Trinajstić information content (AvgIpc) is 3.02. The lowest BCUT2D eigenvalue weighted by molar-refractivity contribution is 0.302. The molecule has 3 rings (SSSR count). The highest BCUT2D eigenvalue weighted by molar-refractivity contribution is 5.84. The van der Waals surface area contributed by atoms with Crippen LogP contribution in [0.15, 0.2) is 54.7 Å². The molecule has 0 aliphatic carbocycles. The molecule has 0 atom stereocenters. The van der Waals surface area contributed by atoms with Crippen molar-refractivity contribution in [3.8, 4) is 0 Å². The Morgan fingerprint density at radius 2 is 1.69 bits per heavy atom. The number of para-hydroxylation sites is 1. The maximum atomic E-state index is 14.0. The van der Waals surface area contributed by atoms with Crippen molar-refractivity contribution in [2.24, 2.45) is 0 Å². The van der Waals surface area contributed by atoms with Crippen molar-refractivity contribution >= 4 is 10.9 Å². The SMILES string of the molecule is CCN(CC)CCNCc1cn(Cc2ccccc2F)c2ccccc12. The van der Waals surface area contributed by atoms with E-state index in [1.165, 1.54) is 17.0 Å². The molecule has 0 aliphatic rings. The maximum absolute atomic E-state index is 14.0. The predicted octanol–water partition coefficient (Wildman–Crippen LogP) is 4.26. The minimum atomic E-state index is -0.149. The van der Waals surface area contributed by atoms with Crippen LogP contribution in [0.3, 0.4) is 0 Å². The Balaban J connectivity index is 1.74. The van der Waals surface area contributed by atoms with Crippen LogP contribution in [0.25, 0.3) is 10.9 Å². The van der Waals surface area contributed by atoms with E-state index >= 15 is 0 Å². The lowest BCUT2D eigenvalue weighted by atomic mass is 10.2. The fourth-order valence-electron chi connectivity index (χ4n) is 3.40.